The van der Waals surface area contributed by atoms with Gasteiger partial charge in [0.25, 0.3) is 0 Å². The molecule has 0 aromatic rings. The third kappa shape index (κ3) is 2.32. The van der Waals surface area contributed by atoms with Crippen LogP contribution >= 0.6 is 0 Å². The van der Waals surface area contributed by atoms with Crippen LogP contribution in [-0.2, 0) is 9.53 Å². The van der Waals surface area contributed by atoms with Crippen LogP contribution in [0.5, 0.6) is 0 Å². The third-order valence-corrected chi connectivity index (χ3v) is 9.96. The van der Waals surface area contributed by atoms with Gasteiger partial charge < -0.3 is 14.9 Å². The van der Waals surface area contributed by atoms with Crippen molar-refractivity contribution in [1.82, 2.24) is 0 Å². The Balaban J connectivity index is 1.47. The van der Waals surface area contributed by atoms with Crippen molar-refractivity contribution in [1.29, 1.82) is 0 Å². The Morgan fingerprint density at radius 1 is 1.04 bits per heavy atom. The van der Waals surface area contributed by atoms with Crippen LogP contribution in [0.3, 0.4) is 0 Å². The fourth-order valence-corrected chi connectivity index (χ4v) is 8.39. The maximum atomic E-state index is 12.1. The first kappa shape index (κ1) is 18.2. The molecule has 1 heterocycles. The van der Waals surface area contributed by atoms with E-state index in [1.165, 1.54) is 6.42 Å². The summed E-state index contributed by atoms with van der Waals surface area (Å²) in [6.45, 7) is 5.15. The van der Waals surface area contributed by atoms with Crippen molar-refractivity contribution in [3.8, 4) is 0 Å². The molecular weight excluding hydrogens is 340 g/mol. The van der Waals surface area contributed by atoms with Crippen LogP contribution in [0.25, 0.3) is 0 Å². The standard InChI is InChI=1S/C23H34O4/c1-21-8-5-16(24)12-15(21)3-4-19-18(21)6-9-22(2)17(7-10-23(19,22)26)14-11-20(25)27-13-14/h11,15-19,24,26H,3-10,12-13H2,1-2H3/t15-,16-,17+,18-,19+,21-,22-,23+/m1/s1. The van der Waals surface area contributed by atoms with Gasteiger partial charge in [0.2, 0.25) is 0 Å². The minimum absolute atomic E-state index is 0.126. The number of carbonyl (C=O) groups excluding carboxylic acids is 1. The summed E-state index contributed by atoms with van der Waals surface area (Å²) in [5.74, 6) is 1.59. The Morgan fingerprint density at radius 2 is 1.85 bits per heavy atom. The number of esters is 1. The first-order valence-electron chi connectivity index (χ1n) is 11.1. The van der Waals surface area contributed by atoms with Gasteiger partial charge in [-0.1, -0.05) is 13.8 Å². The van der Waals surface area contributed by atoms with Crippen LogP contribution in [0.15, 0.2) is 11.6 Å². The minimum atomic E-state index is -0.628. The average Bonchev–Trinajstić information content (AvgIpc) is 3.16. The summed E-state index contributed by atoms with van der Waals surface area (Å²) in [5, 5.41) is 22.3. The highest BCUT2D eigenvalue weighted by atomic mass is 16.5. The van der Waals surface area contributed by atoms with Gasteiger partial charge >= 0.3 is 5.97 Å². The zero-order valence-corrected chi connectivity index (χ0v) is 16.7. The number of fused-ring (bicyclic) bond motifs is 5. The molecule has 0 saturated heterocycles. The number of cyclic esters (lactones) is 1. The predicted molar refractivity (Wildman–Crippen MR) is 102 cm³/mol. The second kappa shape index (κ2) is 5.82. The maximum absolute atomic E-state index is 12.1. The molecule has 0 aromatic heterocycles. The molecule has 1 aliphatic heterocycles. The Labute approximate surface area is 162 Å². The zero-order valence-electron chi connectivity index (χ0n) is 16.7. The van der Waals surface area contributed by atoms with Crippen molar-refractivity contribution >= 4 is 5.97 Å². The molecule has 0 amide bonds. The second-order valence-corrected chi connectivity index (χ2v) is 10.7. The van der Waals surface area contributed by atoms with Crippen molar-refractivity contribution in [2.75, 3.05) is 6.61 Å². The molecule has 4 saturated carbocycles. The Kier molecular flexibility index (Phi) is 3.92. The smallest absolute Gasteiger partial charge is 0.331 e. The number of aliphatic hydroxyl groups excluding tert-OH is 1. The van der Waals surface area contributed by atoms with Gasteiger partial charge in [-0.2, -0.15) is 0 Å². The van der Waals surface area contributed by atoms with Crippen molar-refractivity contribution in [3.05, 3.63) is 11.6 Å². The van der Waals surface area contributed by atoms with Crippen molar-refractivity contribution in [2.24, 2.45) is 34.5 Å². The van der Waals surface area contributed by atoms with E-state index in [2.05, 4.69) is 13.8 Å². The van der Waals surface area contributed by atoms with Gasteiger partial charge in [0.05, 0.1) is 11.7 Å². The van der Waals surface area contributed by atoms with Crippen LogP contribution < -0.4 is 0 Å². The molecule has 150 valence electrons. The lowest BCUT2D eigenvalue weighted by atomic mass is 9.43. The van der Waals surface area contributed by atoms with Crippen molar-refractivity contribution < 1.29 is 19.7 Å². The second-order valence-electron chi connectivity index (χ2n) is 10.7. The van der Waals surface area contributed by atoms with Crippen LogP contribution in [0.1, 0.15) is 71.6 Å². The lowest BCUT2D eigenvalue weighted by Gasteiger charge is -2.63. The number of ether oxygens (including phenoxy) is 1. The molecule has 4 fully saturated rings. The number of hydrogen-bond donors (Lipinski definition) is 2. The van der Waals surface area contributed by atoms with E-state index in [1.807, 2.05) is 0 Å². The summed E-state index contributed by atoms with van der Waals surface area (Å²) in [6.07, 6.45) is 10.8. The highest BCUT2D eigenvalue weighted by molar-refractivity contribution is 5.85. The highest BCUT2D eigenvalue weighted by Gasteiger charge is 2.67. The molecule has 0 unspecified atom stereocenters. The van der Waals surface area contributed by atoms with E-state index in [0.29, 0.717) is 24.4 Å². The maximum Gasteiger partial charge on any atom is 0.331 e. The van der Waals surface area contributed by atoms with Crippen LogP contribution in [0, 0.1) is 34.5 Å². The molecule has 4 aliphatic carbocycles. The molecule has 4 heteroatoms. The van der Waals surface area contributed by atoms with Gasteiger partial charge in [-0.3, -0.25) is 0 Å². The third-order valence-electron chi connectivity index (χ3n) is 9.96. The predicted octanol–water partition coefficient (Wildman–Crippen LogP) is 3.60. The van der Waals surface area contributed by atoms with Gasteiger partial charge in [-0.05, 0) is 92.4 Å². The summed E-state index contributed by atoms with van der Waals surface area (Å²) in [7, 11) is 0. The van der Waals surface area contributed by atoms with E-state index < -0.39 is 5.60 Å². The lowest BCUT2D eigenvalue weighted by Crippen LogP contribution is -2.62. The number of rotatable bonds is 1. The largest absolute Gasteiger partial charge is 0.458 e. The molecular formula is C23H34O4. The van der Waals surface area contributed by atoms with Gasteiger partial charge in [-0.25, -0.2) is 4.79 Å². The first-order valence-corrected chi connectivity index (χ1v) is 11.1. The molecule has 27 heavy (non-hydrogen) atoms. The van der Waals surface area contributed by atoms with E-state index >= 15 is 0 Å². The molecule has 0 radical (unpaired) electrons. The number of carbonyl (C=O) groups is 1. The highest BCUT2D eigenvalue weighted by Crippen LogP contribution is 2.69. The summed E-state index contributed by atoms with van der Waals surface area (Å²) in [6, 6.07) is 0. The summed E-state index contributed by atoms with van der Waals surface area (Å²) in [5.41, 5.74) is 0.600. The molecule has 4 nitrogen and oxygen atoms in total. The summed E-state index contributed by atoms with van der Waals surface area (Å²) in [4.78, 5) is 11.6. The fourth-order valence-electron chi connectivity index (χ4n) is 8.39. The SMILES string of the molecule is C[C@@]12CC[C@@H](O)C[C@H]1CC[C@H]1[C@H]2CC[C@]2(C)[C@H](C3=CC(=O)OC3)CC[C@]12O. The van der Waals surface area contributed by atoms with Crippen LogP contribution in [-0.4, -0.2) is 34.5 Å². The molecule has 0 bridgehead atoms. The van der Waals surface area contributed by atoms with Crippen molar-refractivity contribution in [2.45, 2.75) is 83.3 Å². The molecule has 0 spiro atoms. The van der Waals surface area contributed by atoms with Gasteiger partial charge in [0.15, 0.2) is 0 Å². The molecule has 8 atom stereocenters. The van der Waals surface area contributed by atoms with Crippen LogP contribution in [0.4, 0.5) is 0 Å². The normalized spacial score (nSPS) is 54.6. The summed E-state index contributed by atoms with van der Waals surface area (Å²) < 4.78 is 5.20. The van der Waals surface area contributed by atoms with E-state index in [0.717, 1.165) is 56.9 Å². The van der Waals surface area contributed by atoms with E-state index in [4.69, 9.17) is 4.74 Å². The van der Waals surface area contributed by atoms with E-state index in [1.54, 1.807) is 6.08 Å². The van der Waals surface area contributed by atoms with Crippen LogP contribution in [0.2, 0.25) is 0 Å². The fraction of sp³-hybridized carbons (Fsp3) is 0.870. The van der Waals surface area contributed by atoms with Gasteiger partial charge in [0, 0.05) is 11.5 Å². The number of hydrogen-bond acceptors (Lipinski definition) is 4. The van der Waals surface area contributed by atoms with E-state index in [9.17, 15) is 15.0 Å². The minimum Gasteiger partial charge on any atom is -0.458 e. The molecule has 0 aromatic carbocycles. The van der Waals surface area contributed by atoms with Crippen molar-refractivity contribution in [3.63, 3.8) is 0 Å². The first-order chi connectivity index (χ1) is 12.8. The summed E-state index contributed by atoms with van der Waals surface area (Å²) >= 11 is 0. The molecule has 2 N–H and O–H groups in total. The Hall–Kier alpha value is -0.870. The average molecular weight is 375 g/mol. The quantitative estimate of drug-likeness (QED) is 0.688. The lowest BCUT2D eigenvalue weighted by molar-refractivity contribution is -0.208. The molecule has 5 aliphatic rings. The zero-order chi connectivity index (χ0) is 19.0. The topological polar surface area (TPSA) is 66.8 Å². The monoisotopic (exact) mass is 374 g/mol. The Morgan fingerprint density at radius 3 is 2.59 bits per heavy atom. The number of aliphatic hydroxyl groups is 2. The van der Waals surface area contributed by atoms with Gasteiger partial charge in [0.1, 0.15) is 6.61 Å². The van der Waals surface area contributed by atoms with Gasteiger partial charge in [-0.15, -0.1) is 0 Å². The molecule has 5 rings (SSSR count). The Bertz CT molecular complexity index is 686. The van der Waals surface area contributed by atoms with E-state index in [-0.39, 0.29) is 28.8 Å².